The Hall–Kier alpha value is -1.84. The topological polar surface area (TPSA) is 35.5 Å². The number of aliphatic hydroxyl groups is 1. The van der Waals surface area contributed by atoms with Gasteiger partial charge in [-0.25, -0.2) is 0 Å². The molecule has 1 fully saturated rings. The number of piperidine rings is 1. The van der Waals surface area contributed by atoms with E-state index < -0.39 is 0 Å². The first-order valence-electron chi connectivity index (χ1n) is 8.54. The average molecular weight is 310 g/mol. The second-order valence-corrected chi connectivity index (χ2v) is 6.37. The minimum Gasteiger partial charge on any atom is -0.396 e. The molecule has 122 valence electrons. The lowest BCUT2D eigenvalue weighted by Gasteiger charge is -2.33. The summed E-state index contributed by atoms with van der Waals surface area (Å²) in [6, 6.07) is 19.4. The first-order valence-corrected chi connectivity index (χ1v) is 8.54. The highest BCUT2D eigenvalue weighted by Crippen LogP contribution is 2.23. The van der Waals surface area contributed by atoms with E-state index in [0.29, 0.717) is 12.5 Å². The maximum atomic E-state index is 9.22. The van der Waals surface area contributed by atoms with Crippen molar-refractivity contribution in [3.05, 3.63) is 65.7 Å². The molecule has 0 radical (unpaired) electrons. The van der Waals surface area contributed by atoms with Crippen LogP contribution in [0.15, 0.2) is 54.6 Å². The predicted molar refractivity (Wildman–Crippen MR) is 95.5 cm³/mol. The first kappa shape index (κ1) is 16.0. The number of hydrogen-bond donors (Lipinski definition) is 2. The van der Waals surface area contributed by atoms with Crippen LogP contribution in [0.25, 0.3) is 0 Å². The molecule has 23 heavy (non-hydrogen) atoms. The molecule has 3 heteroatoms. The van der Waals surface area contributed by atoms with Gasteiger partial charge in [0.15, 0.2) is 0 Å². The second-order valence-electron chi connectivity index (χ2n) is 6.37. The van der Waals surface area contributed by atoms with Gasteiger partial charge in [0.05, 0.1) is 0 Å². The van der Waals surface area contributed by atoms with Crippen LogP contribution in [0.1, 0.15) is 24.0 Å². The zero-order valence-electron chi connectivity index (χ0n) is 13.6. The third-order valence-corrected chi connectivity index (χ3v) is 4.68. The van der Waals surface area contributed by atoms with E-state index in [1.54, 1.807) is 0 Å². The number of benzene rings is 2. The van der Waals surface area contributed by atoms with Gasteiger partial charge in [0.1, 0.15) is 0 Å². The summed E-state index contributed by atoms with van der Waals surface area (Å²) in [5, 5.41) is 12.7. The van der Waals surface area contributed by atoms with E-state index in [4.69, 9.17) is 0 Å². The van der Waals surface area contributed by atoms with Gasteiger partial charge in [-0.05, 0) is 42.0 Å². The lowest BCUT2D eigenvalue weighted by Crippen LogP contribution is -2.34. The minimum absolute atomic E-state index is 0.333. The number of anilines is 1. The molecule has 0 bridgehead atoms. The van der Waals surface area contributed by atoms with Gasteiger partial charge < -0.3 is 15.3 Å². The molecule has 1 aliphatic heterocycles. The molecule has 2 N–H and O–H groups in total. The Morgan fingerprint density at radius 2 is 1.48 bits per heavy atom. The second kappa shape index (κ2) is 8.14. The van der Waals surface area contributed by atoms with Crippen molar-refractivity contribution < 1.29 is 5.11 Å². The van der Waals surface area contributed by atoms with Crippen LogP contribution in [0, 0.1) is 5.92 Å². The van der Waals surface area contributed by atoms with Crippen molar-refractivity contribution in [3.8, 4) is 0 Å². The largest absolute Gasteiger partial charge is 0.396 e. The molecule has 0 saturated carbocycles. The van der Waals surface area contributed by atoms with Gasteiger partial charge in [0, 0.05) is 38.5 Å². The normalized spacial score (nSPS) is 15.8. The Bertz CT molecular complexity index is 574. The van der Waals surface area contributed by atoms with Gasteiger partial charge in [0.25, 0.3) is 0 Å². The lowest BCUT2D eigenvalue weighted by atomic mass is 9.97. The van der Waals surface area contributed by atoms with Gasteiger partial charge in [0.2, 0.25) is 0 Å². The highest BCUT2D eigenvalue weighted by molar-refractivity contribution is 5.48. The maximum absolute atomic E-state index is 9.22. The summed E-state index contributed by atoms with van der Waals surface area (Å²) >= 11 is 0. The molecule has 1 heterocycles. The summed E-state index contributed by atoms with van der Waals surface area (Å²) in [6.07, 6.45) is 2.19. The van der Waals surface area contributed by atoms with Crippen molar-refractivity contribution in [2.45, 2.75) is 25.9 Å². The molecule has 1 saturated heterocycles. The monoisotopic (exact) mass is 310 g/mol. The third kappa shape index (κ3) is 4.57. The molecule has 2 aromatic carbocycles. The van der Waals surface area contributed by atoms with Gasteiger partial charge >= 0.3 is 0 Å². The Morgan fingerprint density at radius 1 is 0.870 bits per heavy atom. The standard InChI is InChI=1S/C20H26N2O/c23-16-19-10-12-22(13-11-19)20-8-6-18(7-9-20)15-21-14-17-4-2-1-3-5-17/h1-9,19,21,23H,10-16H2. The van der Waals surface area contributed by atoms with Crippen LogP contribution in [0.2, 0.25) is 0 Å². The molecule has 3 rings (SSSR count). The highest BCUT2D eigenvalue weighted by atomic mass is 16.3. The quantitative estimate of drug-likeness (QED) is 0.860. The van der Waals surface area contributed by atoms with E-state index in [0.717, 1.165) is 39.0 Å². The first-order chi connectivity index (χ1) is 11.3. The van der Waals surface area contributed by atoms with E-state index in [9.17, 15) is 5.11 Å². The summed E-state index contributed by atoms with van der Waals surface area (Å²) in [6.45, 7) is 4.23. The van der Waals surface area contributed by atoms with E-state index in [-0.39, 0.29) is 0 Å². The highest BCUT2D eigenvalue weighted by Gasteiger charge is 2.18. The van der Waals surface area contributed by atoms with Crippen molar-refractivity contribution in [3.63, 3.8) is 0 Å². The number of hydrogen-bond acceptors (Lipinski definition) is 3. The van der Waals surface area contributed by atoms with Gasteiger partial charge in [-0.15, -0.1) is 0 Å². The van der Waals surface area contributed by atoms with E-state index in [1.807, 2.05) is 6.07 Å². The average Bonchev–Trinajstić information content (AvgIpc) is 2.63. The van der Waals surface area contributed by atoms with Crippen molar-refractivity contribution in [2.24, 2.45) is 5.92 Å². The number of nitrogens with zero attached hydrogens (tertiary/aromatic N) is 1. The fraction of sp³-hybridized carbons (Fsp3) is 0.400. The Labute approximate surface area is 139 Å². The summed E-state index contributed by atoms with van der Waals surface area (Å²) in [5.74, 6) is 0.493. The van der Waals surface area contributed by atoms with E-state index >= 15 is 0 Å². The van der Waals surface area contributed by atoms with Crippen LogP contribution in [-0.4, -0.2) is 24.8 Å². The van der Waals surface area contributed by atoms with Crippen molar-refractivity contribution >= 4 is 5.69 Å². The molecule has 2 aromatic rings. The third-order valence-electron chi connectivity index (χ3n) is 4.68. The van der Waals surface area contributed by atoms with Crippen LogP contribution >= 0.6 is 0 Å². The molecule has 0 atom stereocenters. The smallest absolute Gasteiger partial charge is 0.0460 e. The fourth-order valence-corrected chi connectivity index (χ4v) is 3.15. The van der Waals surface area contributed by atoms with Crippen LogP contribution < -0.4 is 10.2 Å². The van der Waals surface area contributed by atoms with Crippen LogP contribution in [0.5, 0.6) is 0 Å². The van der Waals surface area contributed by atoms with Crippen LogP contribution in [-0.2, 0) is 13.1 Å². The molecule has 0 unspecified atom stereocenters. The SMILES string of the molecule is OCC1CCN(c2ccc(CNCc3ccccc3)cc2)CC1. The molecular formula is C20H26N2O. The Balaban J connectivity index is 1.47. The molecular weight excluding hydrogens is 284 g/mol. The van der Waals surface area contributed by atoms with Crippen LogP contribution in [0.3, 0.4) is 0 Å². The van der Waals surface area contributed by atoms with Crippen molar-refractivity contribution in [2.75, 3.05) is 24.6 Å². The summed E-state index contributed by atoms with van der Waals surface area (Å²) in [5.41, 5.74) is 3.93. The van der Waals surface area contributed by atoms with Gasteiger partial charge in [-0.2, -0.15) is 0 Å². The van der Waals surface area contributed by atoms with Crippen molar-refractivity contribution in [1.29, 1.82) is 0 Å². The lowest BCUT2D eigenvalue weighted by molar-refractivity contribution is 0.203. The minimum atomic E-state index is 0.333. The molecule has 1 aliphatic rings. The summed E-state index contributed by atoms with van der Waals surface area (Å²) in [7, 11) is 0. The van der Waals surface area contributed by atoms with Crippen molar-refractivity contribution in [1.82, 2.24) is 5.32 Å². The molecule has 0 aliphatic carbocycles. The van der Waals surface area contributed by atoms with E-state index in [2.05, 4.69) is 58.7 Å². The zero-order chi connectivity index (χ0) is 15.9. The maximum Gasteiger partial charge on any atom is 0.0460 e. The van der Waals surface area contributed by atoms with E-state index in [1.165, 1.54) is 16.8 Å². The van der Waals surface area contributed by atoms with Gasteiger partial charge in [-0.3, -0.25) is 0 Å². The molecule has 0 aromatic heterocycles. The Kier molecular flexibility index (Phi) is 5.67. The number of nitrogens with one attached hydrogen (secondary N) is 1. The molecule has 3 nitrogen and oxygen atoms in total. The summed E-state index contributed by atoms with van der Waals surface area (Å²) in [4.78, 5) is 2.42. The Morgan fingerprint density at radius 3 is 2.09 bits per heavy atom. The van der Waals surface area contributed by atoms with Crippen LogP contribution in [0.4, 0.5) is 5.69 Å². The van der Waals surface area contributed by atoms with Gasteiger partial charge in [-0.1, -0.05) is 42.5 Å². The fourth-order valence-electron chi connectivity index (χ4n) is 3.15. The molecule has 0 spiro atoms. The summed E-state index contributed by atoms with van der Waals surface area (Å²) < 4.78 is 0. The molecule has 0 amide bonds. The number of aliphatic hydroxyl groups excluding tert-OH is 1. The zero-order valence-corrected chi connectivity index (χ0v) is 13.6. The number of rotatable bonds is 6. The predicted octanol–water partition coefficient (Wildman–Crippen LogP) is 3.19.